The molecule has 1 atom stereocenters. The first-order chi connectivity index (χ1) is 15.4. The Balaban J connectivity index is 1.95. The summed E-state index contributed by atoms with van der Waals surface area (Å²) in [6.07, 6.45) is 10.5. The van der Waals surface area contributed by atoms with E-state index >= 15 is 0 Å². The number of fused-ring (bicyclic) bond motifs is 1. The fourth-order valence-corrected chi connectivity index (χ4v) is 5.16. The van der Waals surface area contributed by atoms with Gasteiger partial charge in [0, 0.05) is 68.1 Å². The average Bonchev–Trinajstić information content (AvgIpc) is 3.09. The van der Waals surface area contributed by atoms with Gasteiger partial charge in [-0.1, -0.05) is 55.8 Å². The number of aromatic nitrogens is 1. The monoisotopic (exact) mass is 427 g/mol. The minimum Gasteiger partial charge on any atom is -0.378 e. The molecule has 0 saturated carbocycles. The predicted molar refractivity (Wildman–Crippen MR) is 139 cm³/mol. The molecule has 0 amide bonds. The maximum Gasteiger partial charge on any atom is 0.0485 e. The third-order valence-corrected chi connectivity index (χ3v) is 7.00. The molecule has 1 unspecified atom stereocenters. The van der Waals surface area contributed by atoms with Crippen molar-refractivity contribution in [2.24, 2.45) is 0 Å². The number of likely N-dealkylation sites (N-methyl/N-ethyl adjacent to an activating group) is 1. The molecule has 0 aliphatic heterocycles. The van der Waals surface area contributed by atoms with E-state index in [-0.39, 0.29) is 5.41 Å². The van der Waals surface area contributed by atoms with Crippen molar-refractivity contribution in [2.75, 3.05) is 33.1 Å². The van der Waals surface area contributed by atoms with Gasteiger partial charge in [0.2, 0.25) is 0 Å². The molecule has 1 aliphatic carbocycles. The van der Waals surface area contributed by atoms with Gasteiger partial charge in [-0.3, -0.25) is 0 Å². The summed E-state index contributed by atoms with van der Waals surface area (Å²) in [6, 6.07) is 18.1. The van der Waals surface area contributed by atoms with Crippen molar-refractivity contribution in [1.29, 1.82) is 0 Å². The van der Waals surface area contributed by atoms with Crippen LogP contribution < -0.4 is 4.90 Å². The van der Waals surface area contributed by atoms with E-state index in [0.717, 1.165) is 13.0 Å². The molecule has 168 valence electrons. The molecule has 1 heterocycles. The van der Waals surface area contributed by atoms with Crippen molar-refractivity contribution >= 4 is 16.6 Å². The fraction of sp³-hybridized carbons (Fsp3) is 0.379. The Kier molecular flexibility index (Phi) is 6.19. The van der Waals surface area contributed by atoms with Crippen LogP contribution in [0.15, 0.2) is 72.5 Å². The Hall–Kier alpha value is -2.94. The lowest BCUT2D eigenvalue weighted by Gasteiger charge is -2.35. The van der Waals surface area contributed by atoms with E-state index in [9.17, 15) is 0 Å². The van der Waals surface area contributed by atoms with Crippen molar-refractivity contribution in [2.45, 2.75) is 45.1 Å². The van der Waals surface area contributed by atoms with E-state index in [4.69, 9.17) is 0 Å². The van der Waals surface area contributed by atoms with Crippen LogP contribution in [0.25, 0.3) is 10.9 Å². The molecule has 0 radical (unpaired) electrons. The number of nitrogens with zero attached hydrogens (tertiary/aromatic N) is 3. The van der Waals surface area contributed by atoms with E-state index in [1.54, 1.807) is 0 Å². The predicted octanol–water partition coefficient (Wildman–Crippen LogP) is 6.51. The van der Waals surface area contributed by atoms with E-state index in [2.05, 4.69) is 123 Å². The van der Waals surface area contributed by atoms with Crippen molar-refractivity contribution in [1.82, 2.24) is 9.47 Å². The molecule has 4 rings (SSSR count). The van der Waals surface area contributed by atoms with Crippen LogP contribution in [0.3, 0.4) is 0 Å². The number of hydrogen-bond acceptors (Lipinski definition) is 2. The summed E-state index contributed by atoms with van der Waals surface area (Å²) in [5, 5.41) is 1.38. The highest BCUT2D eigenvalue weighted by atomic mass is 15.1. The Morgan fingerprint density at radius 1 is 0.938 bits per heavy atom. The van der Waals surface area contributed by atoms with Crippen molar-refractivity contribution in [3.63, 3.8) is 0 Å². The second kappa shape index (κ2) is 8.90. The largest absolute Gasteiger partial charge is 0.378 e. The zero-order chi connectivity index (χ0) is 22.9. The molecule has 1 aromatic heterocycles. The van der Waals surface area contributed by atoms with Crippen LogP contribution in [0.4, 0.5) is 5.69 Å². The lowest BCUT2D eigenvalue weighted by Crippen LogP contribution is -2.29. The molecule has 1 aliphatic rings. The van der Waals surface area contributed by atoms with Gasteiger partial charge in [0.25, 0.3) is 0 Å². The summed E-state index contributed by atoms with van der Waals surface area (Å²) in [4.78, 5) is 4.37. The maximum absolute atomic E-state index is 2.54. The molecule has 0 saturated heterocycles. The third kappa shape index (κ3) is 3.74. The summed E-state index contributed by atoms with van der Waals surface area (Å²) in [6.45, 7) is 5.66. The maximum atomic E-state index is 2.54. The van der Waals surface area contributed by atoms with E-state index < -0.39 is 0 Å². The zero-order valence-corrected chi connectivity index (χ0v) is 20.5. The van der Waals surface area contributed by atoms with Gasteiger partial charge in [0.15, 0.2) is 0 Å². The number of aryl methyl sites for hydroxylation is 1. The molecular weight excluding hydrogens is 390 g/mol. The first kappa shape index (κ1) is 22.3. The van der Waals surface area contributed by atoms with Gasteiger partial charge >= 0.3 is 0 Å². The lowest BCUT2D eigenvalue weighted by molar-refractivity contribution is 0.510. The topological polar surface area (TPSA) is 11.4 Å². The minimum absolute atomic E-state index is 0.175. The van der Waals surface area contributed by atoms with Gasteiger partial charge in [0.1, 0.15) is 0 Å². The lowest BCUT2D eigenvalue weighted by atomic mass is 9.69. The summed E-state index contributed by atoms with van der Waals surface area (Å²) in [7, 11) is 8.44. The highest BCUT2D eigenvalue weighted by Crippen LogP contribution is 2.46. The third-order valence-electron chi connectivity index (χ3n) is 7.00. The highest BCUT2D eigenvalue weighted by molar-refractivity contribution is 5.88. The first-order valence-electron chi connectivity index (χ1n) is 11.8. The van der Waals surface area contributed by atoms with Crippen molar-refractivity contribution < 1.29 is 0 Å². The summed E-state index contributed by atoms with van der Waals surface area (Å²) < 4.78 is 2.54. The number of rotatable bonds is 7. The van der Waals surface area contributed by atoms with E-state index in [1.165, 1.54) is 51.9 Å². The SMILES string of the molecule is CCCCn1c(C)c(C2(c3ccc(N(C)C)cc3)C=CC(N(C)C)=CC2)c2ccccc21. The molecule has 3 aromatic rings. The Morgan fingerprint density at radius 3 is 2.25 bits per heavy atom. The number of anilines is 1. The fourth-order valence-electron chi connectivity index (χ4n) is 5.16. The van der Waals surface area contributed by atoms with Gasteiger partial charge < -0.3 is 14.4 Å². The van der Waals surface area contributed by atoms with Crippen molar-refractivity contribution in [3.8, 4) is 0 Å². The number of hydrogen-bond donors (Lipinski definition) is 0. The minimum atomic E-state index is -0.175. The van der Waals surface area contributed by atoms with E-state index in [0.29, 0.717) is 0 Å². The highest BCUT2D eigenvalue weighted by Gasteiger charge is 2.37. The smallest absolute Gasteiger partial charge is 0.0485 e. The zero-order valence-electron chi connectivity index (χ0n) is 20.5. The second-order valence-corrected chi connectivity index (χ2v) is 9.46. The van der Waals surface area contributed by atoms with Crippen LogP contribution in [-0.4, -0.2) is 37.7 Å². The van der Waals surface area contributed by atoms with E-state index in [1.807, 2.05) is 0 Å². The van der Waals surface area contributed by atoms with Crippen LogP contribution >= 0.6 is 0 Å². The first-order valence-corrected chi connectivity index (χ1v) is 11.8. The number of benzene rings is 2. The molecule has 0 spiro atoms. The Bertz CT molecular complexity index is 1150. The molecule has 0 bridgehead atoms. The second-order valence-electron chi connectivity index (χ2n) is 9.46. The summed E-state index contributed by atoms with van der Waals surface area (Å²) in [5.41, 5.74) is 7.89. The van der Waals surface area contributed by atoms with Crippen LogP contribution in [-0.2, 0) is 12.0 Å². The molecular formula is C29H37N3. The van der Waals surface area contributed by atoms with Gasteiger partial charge in [-0.05, 0) is 55.2 Å². The molecule has 32 heavy (non-hydrogen) atoms. The van der Waals surface area contributed by atoms with Gasteiger partial charge in [-0.2, -0.15) is 0 Å². The summed E-state index contributed by atoms with van der Waals surface area (Å²) >= 11 is 0. The van der Waals surface area contributed by atoms with Crippen LogP contribution in [0.2, 0.25) is 0 Å². The Morgan fingerprint density at radius 2 is 1.66 bits per heavy atom. The number of para-hydroxylation sites is 1. The standard InChI is InChI=1S/C29H37N3/c1-7-8-21-32-22(2)28(26-11-9-10-12-27(26)32)29(19-17-25(18-20-29)31(5)6)23-13-15-24(16-14-23)30(3)4/h9-19H,7-8,20-21H2,1-6H3. The molecule has 3 heteroatoms. The van der Waals surface area contributed by atoms with Crippen molar-refractivity contribution in [3.05, 3.63) is 89.3 Å². The van der Waals surface area contributed by atoms with Gasteiger partial charge in [-0.15, -0.1) is 0 Å². The Labute approximate surface area is 193 Å². The van der Waals surface area contributed by atoms with Crippen LogP contribution in [0.1, 0.15) is 43.0 Å². The van der Waals surface area contributed by atoms with Crippen LogP contribution in [0.5, 0.6) is 0 Å². The molecule has 0 N–H and O–H groups in total. The molecule has 2 aromatic carbocycles. The van der Waals surface area contributed by atoms with Gasteiger partial charge in [-0.25, -0.2) is 0 Å². The normalized spacial score (nSPS) is 18.1. The van der Waals surface area contributed by atoms with Gasteiger partial charge in [0.05, 0.1) is 0 Å². The number of unbranched alkanes of at least 4 members (excludes halogenated alkanes) is 1. The summed E-state index contributed by atoms with van der Waals surface area (Å²) in [5.74, 6) is 0. The van der Waals surface area contributed by atoms with Crippen LogP contribution in [0, 0.1) is 6.92 Å². The number of allylic oxidation sites excluding steroid dienone is 3. The molecule has 0 fully saturated rings. The average molecular weight is 428 g/mol. The molecule has 3 nitrogen and oxygen atoms in total. The quantitative estimate of drug-likeness (QED) is 0.426.